The first-order valence-corrected chi connectivity index (χ1v) is 11.9. The molecule has 3 N–H and O–H groups in total. The van der Waals surface area contributed by atoms with Gasteiger partial charge in [0.15, 0.2) is 0 Å². The molecule has 1 atom stereocenters. The fourth-order valence-electron chi connectivity index (χ4n) is 3.95. The molecule has 2 amide bonds. The SMILES string of the molecule is O=C(N[C@@H](CC1CCCC1)C(=O)NC1COC1)c1ccc(CNc2cncc(Cl)c2)s1. The number of amides is 2. The quantitative estimate of drug-likeness (QED) is 0.529. The fraction of sp³-hybridized carbons (Fsp3) is 0.500. The number of aromatic nitrogens is 1. The van der Waals surface area contributed by atoms with Gasteiger partial charge in [0, 0.05) is 17.6 Å². The Kier molecular flexibility index (Phi) is 7.42. The maximum absolute atomic E-state index is 12.9. The lowest BCUT2D eigenvalue weighted by Crippen LogP contribution is -2.55. The average molecular weight is 463 g/mol. The van der Waals surface area contributed by atoms with Crippen LogP contribution in [0.2, 0.25) is 5.02 Å². The molecule has 1 saturated heterocycles. The number of carbonyl (C=O) groups is 2. The van der Waals surface area contributed by atoms with Gasteiger partial charge >= 0.3 is 0 Å². The van der Waals surface area contributed by atoms with E-state index in [1.807, 2.05) is 6.07 Å². The van der Waals surface area contributed by atoms with Gasteiger partial charge in [-0.2, -0.15) is 0 Å². The van der Waals surface area contributed by atoms with Crippen LogP contribution < -0.4 is 16.0 Å². The molecule has 2 aromatic heterocycles. The molecule has 0 aromatic carbocycles. The van der Waals surface area contributed by atoms with Crippen molar-refractivity contribution in [3.05, 3.63) is 45.4 Å². The van der Waals surface area contributed by atoms with Crippen molar-refractivity contribution in [3.8, 4) is 0 Å². The number of halogens is 1. The topological polar surface area (TPSA) is 92.4 Å². The van der Waals surface area contributed by atoms with E-state index in [4.69, 9.17) is 16.3 Å². The normalized spacial score (nSPS) is 17.7. The molecule has 0 radical (unpaired) electrons. The number of pyridine rings is 1. The van der Waals surface area contributed by atoms with Crippen LogP contribution in [0.3, 0.4) is 0 Å². The Morgan fingerprint density at radius 1 is 1.23 bits per heavy atom. The fourth-order valence-corrected chi connectivity index (χ4v) is 4.98. The standard InChI is InChI=1S/C22H27ClN4O3S/c23-15-8-16(10-24-9-15)25-11-18-5-6-20(31-18)22(29)27-19(7-14-3-1-2-4-14)21(28)26-17-12-30-13-17/h5-6,8-10,14,17,19,25H,1-4,7,11-13H2,(H,26,28)(H,27,29)/t19-/m0/s1. The number of rotatable bonds is 9. The molecule has 2 aromatic rings. The zero-order valence-electron chi connectivity index (χ0n) is 17.2. The van der Waals surface area contributed by atoms with Crippen molar-refractivity contribution < 1.29 is 14.3 Å². The van der Waals surface area contributed by atoms with Gasteiger partial charge in [0.1, 0.15) is 6.04 Å². The Morgan fingerprint density at radius 2 is 2.03 bits per heavy atom. The number of hydrogen-bond acceptors (Lipinski definition) is 6. The van der Waals surface area contributed by atoms with E-state index in [1.165, 1.54) is 24.2 Å². The van der Waals surface area contributed by atoms with Gasteiger partial charge in [-0.25, -0.2) is 0 Å². The Balaban J connectivity index is 1.35. The smallest absolute Gasteiger partial charge is 0.262 e. The van der Waals surface area contributed by atoms with Gasteiger partial charge in [0.2, 0.25) is 5.91 Å². The molecule has 2 aliphatic rings. The van der Waals surface area contributed by atoms with E-state index in [2.05, 4.69) is 20.9 Å². The van der Waals surface area contributed by atoms with Gasteiger partial charge in [-0.15, -0.1) is 11.3 Å². The minimum atomic E-state index is -0.516. The molecule has 7 nitrogen and oxygen atoms in total. The lowest BCUT2D eigenvalue weighted by Gasteiger charge is -2.29. The predicted octanol–water partition coefficient (Wildman–Crippen LogP) is 3.60. The molecule has 9 heteroatoms. The minimum Gasteiger partial charge on any atom is -0.379 e. The van der Waals surface area contributed by atoms with E-state index in [1.54, 1.807) is 24.5 Å². The number of carbonyl (C=O) groups excluding carboxylic acids is 2. The van der Waals surface area contributed by atoms with E-state index in [-0.39, 0.29) is 17.9 Å². The van der Waals surface area contributed by atoms with Crippen LogP contribution in [0.25, 0.3) is 0 Å². The van der Waals surface area contributed by atoms with Crippen molar-refractivity contribution in [1.82, 2.24) is 15.6 Å². The highest BCUT2D eigenvalue weighted by Crippen LogP contribution is 2.29. The molecular formula is C22H27ClN4O3S. The lowest BCUT2D eigenvalue weighted by molar-refractivity contribution is -0.127. The minimum absolute atomic E-state index is 0.0517. The van der Waals surface area contributed by atoms with E-state index in [9.17, 15) is 9.59 Å². The molecule has 4 rings (SSSR count). The van der Waals surface area contributed by atoms with Crippen LogP contribution in [-0.4, -0.2) is 42.1 Å². The first kappa shape index (κ1) is 22.0. The number of thiophene rings is 1. The van der Waals surface area contributed by atoms with Crippen LogP contribution in [0.15, 0.2) is 30.6 Å². The van der Waals surface area contributed by atoms with E-state index in [0.717, 1.165) is 23.4 Å². The summed E-state index contributed by atoms with van der Waals surface area (Å²) in [6.45, 7) is 1.65. The summed E-state index contributed by atoms with van der Waals surface area (Å²) in [6.07, 6.45) is 8.62. The molecule has 166 valence electrons. The highest BCUT2D eigenvalue weighted by atomic mass is 35.5. The summed E-state index contributed by atoms with van der Waals surface area (Å²) < 4.78 is 5.15. The van der Waals surface area contributed by atoms with Crippen LogP contribution in [0.1, 0.15) is 46.7 Å². The number of nitrogens with zero attached hydrogens (tertiary/aromatic N) is 1. The third kappa shape index (κ3) is 6.18. The van der Waals surface area contributed by atoms with Crippen LogP contribution >= 0.6 is 22.9 Å². The van der Waals surface area contributed by atoms with Crippen molar-refractivity contribution in [2.45, 2.75) is 50.7 Å². The molecule has 1 saturated carbocycles. The number of hydrogen-bond donors (Lipinski definition) is 3. The molecule has 1 aliphatic carbocycles. The van der Waals surface area contributed by atoms with Crippen molar-refractivity contribution in [2.75, 3.05) is 18.5 Å². The molecule has 0 spiro atoms. The highest BCUT2D eigenvalue weighted by molar-refractivity contribution is 7.14. The summed E-state index contributed by atoms with van der Waals surface area (Å²) in [5.74, 6) is 0.173. The van der Waals surface area contributed by atoms with E-state index < -0.39 is 6.04 Å². The largest absolute Gasteiger partial charge is 0.379 e. The summed E-state index contributed by atoms with van der Waals surface area (Å²) in [5.41, 5.74) is 0.820. The Labute approximate surface area is 190 Å². The summed E-state index contributed by atoms with van der Waals surface area (Å²) >= 11 is 7.37. The summed E-state index contributed by atoms with van der Waals surface area (Å²) in [6, 6.07) is 5.06. The van der Waals surface area contributed by atoms with E-state index in [0.29, 0.717) is 42.0 Å². The van der Waals surface area contributed by atoms with Gasteiger partial charge in [-0.1, -0.05) is 37.3 Å². The Bertz CT molecular complexity index is 912. The highest BCUT2D eigenvalue weighted by Gasteiger charge is 2.30. The van der Waals surface area contributed by atoms with Gasteiger partial charge in [-0.05, 0) is 30.5 Å². The van der Waals surface area contributed by atoms with Crippen molar-refractivity contribution >= 4 is 40.4 Å². The maximum Gasteiger partial charge on any atom is 0.262 e. The van der Waals surface area contributed by atoms with Crippen LogP contribution in [0.4, 0.5) is 5.69 Å². The number of nitrogens with one attached hydrogen (secondary N) is 3. The first-order chi connectivity index (χ1) is 15.1. The molecular weight excluding hydrogens is 436 g/mol. The monoisotopic (exact) mass is 462 g/mol. The maximum atomic E-state index is 12.9. The van der Waals surface area contributed by atoms with Crippen LogP contribution in [0.5, 0.6) is 0 Å². The average Bonchev–Trinajstić information content (AvgIpc) is 3.40. The van der Waals surface area contributed by atoms with Crippen molar-refractivity contribution in [1.29, 1.82) is 0 Å². The number of ether oxygens (including phenoxy) is 1. The molecule has 0 bridgehead atoms. The molecule has 3 heterocycles. The molecule has 0 unspecified atom stereocenters. The summed E-state index contributed by atoms with van der Waals surface area (Å²) in [7, 11) is 0. The van der Waals surface area contributed by atoms with Crippen molar-refractivity contribution in [2.24, 2.45) is 5.92 Å². The zero-order valence-corrected chi connectivity index (χ0v) is 18.8. The van der Waals surface area contributed by atoms with Crippen LogP contribution in [-0.2, 0) is 16.1 Å². The van der Waals surface area contributed by atoms with E-state index >= 15 is 0 Å². The predicted molar refractivity (Wildman–Crippen MR) is 121 cm³/mol. The second kappa shape index (κ2) is 10.4. The second-order valence-corrected chi connectivity index (χ2v) is 9.77. The molecule has 1 aliphatic heterocycles. The van der Waals surface area contributed by atoms with Crippen LogP contribution in [0, 0.1) is 5.92 Å². The zero-order chi connectivity index (χ0) is 21.6. The first-order valence-electron chi connectivity index (χ1n) is 10.7. The second-order valence-electron chi connectivity index (χ2n) is 8.17. The lowest BCUT2D eigenvalue weighted by atomic mass is 9.97. The summed E-state index contributed by atoms with van der Waals surface area (Å²) in [5, 5.41) is 9.79. The third-order valence-corrected chi connectivity index (χ3v) is 7.00. The molecule has 31 heavy (non-hydrogen) atoms. The number of anilines is 1. The molecule has 2 fully saturated rings. The summed E-state index contributed by atoms with van der Waals surface area (Å²) in [4.78, 5) is 31.3. The van der Waals surface area contributed by atoms with Gasteiger partial charge in [-0.3, -0.25) is 14.6 Å². The van der Waals surface area contributed by atoms with Gasteiger partial charge in [0.25, 0.3) is 5.91 Å². The van der Waals surface area contributed by atoms with Gasteiger partial charge < -0.3 is 20.7 Å². The Hall–Kier alpha value is -2.16. The Morgan fingerprint density at radius 3 is 2.74 bits per heavy atom. The third-order valence-electron chi connectivity index (χ3n) is 5.71. The van der Waals surface area contributed by atoms with Gasteiger partial charge in [0.05, 0.1) is 41.0 Å². The van der Waals surface area contributed by atoms with Crippen molar-refractivity contribution in [3.63, 3.8) is 0 Å².